The number of aryl methyl sites for hydroxylation is 2. The number of β-amino-alcohol motifs (C(OH)–C–C–N with tert-alkyl or cyclic N) is 1. The number of amides is 2. The van der Waals surface area contributed by atoms with Crippen LogP contribution in [0.5, 0.6) is 0 Å². The fourth-order valence-electron chi connectivity index (χ4n) is 4.42. The zero-order chi connectivity index (χ0) is 24.4. The van der Waals surface area contributed by atoms with Crippen molar-refractivity contribution in [2.45, 2.75) is 58.7 Å². The molecule has 0 aliphatic carbocycles. The van der Waals surface area contributed by atoms with E-state index in [-0.39, 0.29) is 30.7 Å². The van der Waals surface area contributed by atoms with Gasteiger partial charge in [-0.25, -0.2) is 9.97 Å². The predicted molar refractivity (Wildman–Crippen MR) is 129 cm³/mol. The number of aromatic nitrogens is 2. The monoisotopic (exact) mass is 482 g/mol. The molecule has 1 saturated heterocycles. The summed E-state index contributed by atoms with van der Waals surface area (Å²) < 4.78 is 5.32. The number of carbonyl (C=O) groups excluding carboxylic acids is 2. The van der Waals surface area contributed by atoms with Crippen LogP contribution in [0, 0.1) is 19.8 Å². The molecule has 1 fully saturated rings. The SMILES string of the molecule is Cc1nc([C@H](C(=O)N2C[C@H](O)C[C@H]2C(=O)NCc2ccc(-c3scnc3C)cc2)C(C)C)co1. The van der Waals surface area contributed by atoms with Gasteiger partial charge in [0.05, 0.1) is 33.8 Å². The van der Waals surface area contributed by atoms with Crippen LogP contribution in [0.25, 0.3) is 10.4 Å². The van der Waals surface area contributed by atoms with Crippen molar-refractivity contribution in [2.75, 3.05) is 6.54 Å². The van der Waals surface area contributed by atoms with Crippen molar-refractivity contribution in [2.24, 2.45) is 5.92 Å². The van der Waals surface area contributed by atoms with Gasteiger partial charge in [0, 0.05) is 26.4 Å². The summed E-state index contributed by atoms with van der Waals surface area (Å²) in [5.41, 5.74) is 5.42. The van der Waals surface area contributed by atoms with Gasteiger partial charge in [0.2, 0.25) is 11.8 Å². The Bertz CT molecular complexity index is 1150. The molecule has 1 aromatic carbocycles. The third-order valence-corrected chi connectivity index (χ3v) is 7.16. The zero-order valence-corrected chi connectivity index (χ0v) is 20.6. The lowest BCUT2D eigenvalue weighted by Gasteiger charge is -2.29. The molecule has 2 aromatic heterocycles. The summed E-state index contributed by atoms with van der Waals surface area (Å²) >= 11 is 1.60. The average Bonchev–Trinajstić information content (AvgIpc) is 3.52. The topological polar surface area (TPSA) is 109 Å². The Balaban J connectivity index is 1.43. The molecule has 0 spiro atoms. The van der Waals surface area contributed by atoms with Gasteiger partial charge >= 0.3 is 0 Å². The van der Waals surface area contributed by atoms with Crippen molar-refractivity contribution in [3.05, 3.63) is 58.9 Å². The lowest BCUT2D eigenvalue weighted by atomic mass is 9.91. The van der Waals surface area contributed by atoms with Crippen LogP contribution in [-0.4, -0.2) is 50.5 Å². The summed E-state index contributed by atoms with van der Waals surface area (Å²) in [4.78, 5) is 37.8. The number of nitrogens with one attached hydrogen (secondary N) is 1. The van der Waals surface area contributed by atoms with Crippen LogP contribution in [-0.2, 0) is 16.1 Å². The number of nitrogens with zero attached hydrogens (tertiary/aromatic N) is 3. The molecular weight excluding hydrogens is 452 g/mol. The first kappa shape index (κ1) is 24.1. The van der Waals surface area contributed by atoms with Crippen molar-refractivity contribution >= 4 is 23.2 Å². The summed E-state index contributed by atoms with van der Waals surface area (Å²) in [5, 5.41) is 13.2. The van der Waals surface area contributed by atoms with Crippen molar-refractivity contribution in [3.63, 3.8) is 0 Å². The van der Waals surface area contributed by atoms with Gasteiger partial charge in [-0.05, 0) is 24.0 Å². The Morgan fingerprint density at radius 1 is 1.26 bits per heavy atom. The number of hydrogen-bond acceptors (Lipinski definition) is 7. The van der Waals surface area contributed by atoms with Gasteiger partial charge in [-0.2, -0.15) is 0 Å². The Morgan fingerprint density at radius 3 is 2.59 bits per heavy atom. The van der Waals surface area contributed by atoms with Gasteiger partial charge in [0.25, 0.3) is 0 Å². The van der Waals surface area contributed by atoms with E-state index in [2.05, 4.69) is 15.3 Å². The molecular formula is C25H30N4O4S. The van der Waals surface area contributed by atoms with Crippen LogP contribution in [0.3, 0.4) is 0 Å². The summed E-state index contributed by atoms with van der Waals surface area (Å²) in [6, 6.07) is 7.26. The van der Waals surface area contributed by atoms with Crippen molar-refractivity contribution in [1.29, 1.82) is 0 Å². The average molecular weight is 483 g/mol. The highest BCUT2D eigenvalue weighted by Gasteiger charge is 2.42. The number of benzene rings is 1. The van der Waals surface area contributed by atoms with Crippen molar-refractivity contribution < 1.29 is 19.1 Å². The first-order valence-corrected chi connectivity index (χ1v) is 12.3. The second kappa shape index (κ2) is 10.1. The fourth-order valence-corrected chi connectivity index (χ4v) is 5.23. The maximum atomic E-state index is 13.5. The van der Waals surface area contributed by atoms with Crippen LogP contribution in [0.15, 0.2) is 40.5 Å². The van der Waals surface area contributed by atoms with E-state index in [0.717, 1.165) is 21.7 Å². The van der Waals surface area contributed by atoms with Gasteiger partial charge in [-0.15, -0.1) is 11.3 Å². The minimum atomic E-state index is -0.742. The highest BCUT2D eigenvalue weighted by Crippen LogP contribution is 2.30. The van der Waals surface area contributed by atoms with E-state index in [4.69, 9.17) is 4.42 Å². The standard InChI is InChI=1S/C25H30N4O4S/c1-14(2)22(20-12-33-16(4)28-20)25(32)29-11-19(30)9-21(29)24(31)26-10-17-5-7-18(8-6-17)23-15(3)27-13-34-23/h5-8,12-14,19,21-22,30H,9-11H2,1-4H3,(H,26,31)/t19-,21+,22-/m1/s1. The molecule has 2 N–H and O–H groups in total. The zero-order valence-electron chi connectivity index (χ0n) is 19.8. The van der Waals surface area contributed by atoms with Crippen LogP contribution >= 0.6 is 11.3 Å². The lowest BCUT2D eigenvalue weighted by Crippen LogP contribution is -2.48. The van der Waals surface area contributed by atoms with E-state index in [0.29, 0.717) is 18.1 Å². The molecule has 0 unspecified atom stereocenters. The smallest absolute Gasteiger partial charge is 0.243 e. The van der Waals surface area contributed by atoms with Crippen LogP contribution in [0.2, 0.25) is 0 Å². The van der Waals surface area contributed by atoms with E-state index in [1.165, 1.54) is 11.2 Å². The molecule has 2 amide bonds. The second-order valence-electron chi connectivity index (χ2n) is 9.09. The van der Waals surface area contributed by atoms with E-state index in [1.54, 1.807) is 18.3 Å². The molecule has 8 nitrogen and oxygen atoms in total. The largest absolute Gasteiger partial charge is 0.449 e. The van der Waals surface area contributed by atoms with Crippen LogP contribution in [0.1, 0.15) is 49.0 Å². The molecule has 3 heterocycles. The van der Waals surface area contributed by atoms with Crippen LogP contribution in [0.4, 0.5) is 0 Å². The summed E-state index contributed by atoms with van der Waals surface area (Å²) in [5.74, 6) is -0.587. The number of aliphatic hydroxyl groups excluding tert-OH is 1. The Hall–Kier alpha value is -3.04. The quantitative estimate of drug-likeness (QED) is 0.534. The van der Waals surface area contributed by atoms with Gasteiger partial charge in [-0.3, -0.25) is 9.59 Å². The van der Waals surface area contributed by atoms with E-state index in [1.807, 2.05) is 50.5 Å². The van der Waals surface area contributed by atoms with Gasteiger partial charge in [-0.1, -0.05) is 38.1 Å². The second-order valence-corrected chi connectivity index (χ2v) is 9.95. The maximum absolute atomic E-state index is 13.5. The minimum Gasteiger partial charge on any atom is -0.449 e. The van der Waals surface area contributed by atoms with E-state index >= 15 is 0 Å². The van der Waals surface area contributed by atoms with Gasteiger partial charge in [0.15, 0.2) is 5.89 Å². The highest BCUT2D eigenvalue weighted by atomic mass is 32.1. The molecule has 0 radical (unpaired) electrons. The first-order valence-electron chi connectivity index (χ1n) is 11.4. The Kier molecular flexibility index (Phi) is 7.13. The molecule has 180 valence electrons. The molecule has 1 aliphatic rings. The normalized spacial score (nSPS) is 18.9. The first-order chi connectivity index (χ1) is 16.2. The number of hydrogen-bond donors (Lipinski definition) is 2. The summed E-state index contributed by atoms with van der Waals surface area (Å²) in [7, 11) is 0. The van der Waals surface area contributed by atoms with Crippen LogP contribution < -0.4 is 5.32 Å². The minimum absolute atomic E-state index is 0.0425. The fraction of sp³-hybridized carbons (Fsp3) is 0.440. The van der Waals surface area contributed by atoms with Gasteiger partial charge < -0.3 is 19.7 Å². The number of carbonyl (C=O) groups is 2. The number of rotatable bonds is 7. The number of likely N-dealkylation sites (tertiary alicyclic amines) is 1. The molecule has 0 bridgehead atoms. The number of aliphatic hydroxyl groups is 1. The molecule has 34 heavy (non-hydrogen) atoms. The molecule has 3 aromatic rings. The predicted octanol–water partition coefficient (Wildman–Crippen LogP) is 3.43. The third-order valence-electron chi connectivity index (χ3n) is 6.18. The Labute approximate surface area is 203 Å². The molecule has 9 heteroatoms. The van der Waals surface area contributed by atoms with E-state index < -0.39 is 18.1 Å². The molecule has 4 rings (SSSR count). The number of oxazole rings is 1. The van der Waals surface area contributed by atoms with Gasteiger partial charge in [0.1, 0.15) is 12.3 Å². The Morgan fingerprint density at radius 2 is 2.00 bits per heavy atom. The molecule has 3 atom stereocenters. The summed E-state index contributed by atoms with van der Waals surface area (Å²) in [6.07, 6.45) is 0.967. The van der Waals surface area contributed by atoms with Crippen molar-refractivity contribution in [3.8, 4) is 10.4 Å². The maximum Gasteiger partial charge on any atom is 0.243 e. The molecule has 1 aliphatic heterocycles. The third kappa shape index (κ3) is 5.05. The highest BCUT2D eigenvalue weighted by molar-refractivity contribution is 7.13. The van der Waals surface area contributed by atoms with E-state index in [9.17, 15) is 14.7 Å². The molecule has 0 saturated carbocycles. The lowest BCUT2D eigenvalue weighted by molar-refractivity contribution is -0.140. The van der Waals surface area contributed by atoms with Crippen molar-refractivity contribution in [1.82, 2.24) is 20.2 Å². The summed E-state index contributed by atoms with van der Waals surface area (Å²) in [6.45, 7) is 8.05. The number of thiazole rings is 1.